The number of nitrogens with two attached hydrogens (primary N) is 1. The van der Waals surface area contributed by atoms with E-state index in [4.69, 9.17) is 19.9 Å². The molecule has 12 amide bonds. The van der Waals surface area contributed by atoms with E-state index in [9.17, 15) is 67.4 Å². The molecule has 2 aliphatic rings. The quantitative estimate of drug-likeness (QED) is 0.0139. The zero-order chi connectivity index (χ0) is 80.2. The summed E-state index contributed by atoms with van der Waals surface area (Å²) in [5.41, 5.74) is 6.94. The van der Waals surface area contributed by atoms with Crippen molar-refractivity contribution in [3.05, 3.63) is 82.3 Å². The van der Waals surface area contributed by atoms with Crippen LogP contribution in [0.4, 0.5) is 16.2 Å². The molecule has 0 aliphatic carbocycles. The summed E-state index contributed by atoms with van der Waals surface area (Å²) in [4.78, 5) is 173. The normalized spacial score (nSPS) is 15.7. The van der Waals surface area contributed by atoms with Crippen LogP contribution >= 0.6 is 11.3 Å². The highest BCUT2D eigenvalue weighted by atomic mass is 32.1. The number of carbonyl (C=O) groups excluding carboxylic acids is 13. The molecule has 598 valence electrons. The number of aromatic hydroxyl groups is 1. The molecule has 9 atom stereocenters. The number of benzene rings is 2. The fourth-order valence-electron chi connectivity index (χ4n) is 12.0. The van der Waals surface area contributed by atoms with E-state index in [1.807, 2.05) is 55.5 Å². The number of hydrogen-bond acceptors (Lipinski definition) is 21. The highest BCUT2D eigenvalue weighted by Gasteiger charge is 2.38. The van der Waals surface area contributed by atoms with Crippen molar-refractivity contribution in [3.63, 3.8) is 0 Å². The molecule has 2 aromatic carbocycles. The molecule has 5 rings (SSSR count). The van der Waals surface area contributed by atoms with Crippen LogP contribution < -0.4 is 53.6 Å². The number of likely N-dealkylation sites (tertiary alicyclic amines) is 1. The topological polar surface area (TPSA) is 427 Å². The van der Waals surface area contributed by atoms with Gasteiger partial charge < -0.3 is 77.8 Å². The van der Waals surface area contributed by atoms with Gasteiger partial charge in [-0.1, -0.05) is 94.2 Å². The molecule has 31 nitrogen and oxygen atoms in total. The van der Waals surface area contributed by atoms with Crippen LogP contribution in [0.2, 0.25) is 0 Å². The summed E-state index contributed by atoms with van der Waals surface area (Å²) in [6.07, 6.45) is 7.38. The van der Waals surface area contributed by atoms with E-state index in [1.165, 1.54) is 30.4 Å². The molecule has 0 radical (unpaired) electrons. The Labute approximate surface area is 638 Å². The molecule has 7 unspecified atom stereocenters. The monoisotopic (exact) mass is 1530 g/mol. The molecule has 108 heavy (non-hydrogen) atoms. The van der Waals surface area contributed by atoms with Crippen molar-refractivity contribution < 1.29 is 81.6 Å². The van der Waals surface area contributed by atoms with Crippen LogP contribution in [0.5, 0.6) is 5.75 Å². The first-order chi connectivity index (χ1) is 51.2. The number of imide groups is 1. The molecule has 12 N–H and O–H groups in total. The summed E-state index contributed by atoms with van der Waals surface area (Å²) in [6.45, 7) is 24.1. The van der Waals surface area contributed by atoms with Crippen LogP contribution in [0, 0.1) is 29.6 Å². The van der Waals surface area contributed by atoms with Gasteiger partial charge in [-0.3, -0.25) is 67.3 Å². The van der Waals surface area contributed by atoms with Crippen molar-refractivity contribution in [1.82, 2.24) is 56.9 Å². The number of carbonyl (C=O) groups is 13. The number of phenolic OH excluding ortho intramolecular Hbond substituents is 1. The van der Waals surface area contributed by atoms with Gasteiger partial charge in [-0.2, -0.15) is 0 Å². The van der Waals surface area contributed by atoms with Crippen molar-refractivity contribution in [2.75, 3.05) is 76.9 Å². The minimum Gasteiger partial charge on any atom is -0.508 e. The number of thiazole rings is 1. The van der Waals surface area contributed by atoms with Crippen LogP contribution in [0.25, 0.3) is 0 Å². The number of piperidine rings is 1. The number of hydrogen-bond donors (Lipinski definition) is 11. The van der Waals surface area contributed by atoms with Gasteiger partial charge in [0, 0.05) is 106 Å². The Bertz CT molecular complexity index is 3460. The zero-order valence-electron chi connectivity index (χ0n) is 64.9. The predicted octanol–water partition coefficient (Wildman–Crippen LogP) is 5.73. The Balaban J connectivity index is 0.000000642. The van der Waals surface area contributed by atoms with Crippen LogP contribution in [-0.4, -0.2) is 204 Å². The van der Waals surface area contributed by atoms with Gasteiger partial charge in [-0.15, -0.1) is 11.3 Å². The third-order valence-corrected chi connectivity index (χ3v) is 19.2. The molecule has 32 heteroatoms. The summed E-state index contributed by atoms with van der Waals surface area (Å²) in [7, 11) is 1.97. The Morgan fingerprint density at radius 3 is 1.95 bits per heavy atom. The van der Waals surface area contributed by atoms with Gasteiger partial charge in [0.15, 0.2) is 12.8 Å². The van der Waals surface area contributed by atoms with Gasteiger partial charge in [0.2, 0.25) is 41.4 Å². The summed E-state index contributed by atoms with van der Waals surface area (Å²) in [5, 5.41) is 37.3. The molecule has 2 aliphatic heterocycles. The fourth-order valence-corrected chi connectivity index (χ4v) is 12.8. The van der Waals surface area contributed by atoms with Crippen molar-refractivity contribution in [3.8, 4) is 5.75 Å². The van der Waals surface area contributed by atoms with E-state index in [0.717, 1.165) is 61.3 Å². The van der Waals surface area contributed by atoms with Crippen LogP contribution in [0.1, 0.15) is 181 Å². The summed E-state index contributed by atoms with van der Waals surface area (Å²) < 4.78 is 16.1. The van der Waals surface area contributed by atoms with E-state index in [0.29, 0.717) is 35.6 Å². The maximum absolute atomic E-state index is 13.8. The highest BCUT2D eigenvalue weighted by Crippen LogP contribution is 2.26. The Morgan fingerprint density at radius 2 is 1.36 bits per heavy atom. The third kappa shape index (κ3) is 32.6. The van der Waals surface area contributed by atoms with E-state index < -0.39 is 77.7 Å². The van der Waals surface area contributed by atoms with E-state index >= 15 is 0 Å². The average molecular weight is 1530 g/mol. The van der Waals surface area contributed by atoms with Gasteiger partial charge in [-0.25, -0.2) is 9.78 Å². The molecule has 3 heterocycles. The van der Waals surface area contributed by atoms with Crippen molar-refractivity contribution in [2.45, 2.75) is 202 Å². The standard InChI is InChI=1S/C51H69N11O13S.C25H47N3O4/c1-30(2)45(55-22-21-53-42(66)19-25-74-26-23-54-41(65)18-24-62-43(67)16-17-44(62)68)49(72)60-39(7-6-20-56-51(52)73)47(70)58-36-12-10-35(11-13-36)57-46(69)31(3)27-37(28-34-8-14-38(64)15-9-34)59-48(71)40-29-76-50(61-40)32(4)75-33(5)63;1-9-19(7)23(26-24(30)21-13-11-12-14-27(21)8)25(31)28(20(10-2)18(5)6)16-32-22(29)15-17(3)4/h8-17,29-32,37,39,45,55,64H,6-7,18-28H2,1-5H3,(H,53,66)(H,54,65)(H,57,69)(H,58,70)(H,59,71)(H,60,72)(H3,52,56,73);17-21,23H,9-16H2,1-8H3,(H,26,30)/t31?,32?,37?,39-,45-;/m0./s1. The molecule has 1 saturated heterocycles. The van der Waals surface area contributed by atoms with Gasteiger partial charge in [0.05, 0.1) is 25.3 Å². The van der Waals surface area contributed by atoms with E-state index in [2.05, 4.69) is 71.6 Å². The average Bonchev–Trinajstić information content (AvgIpc) is 1.09. The Kier molecular flexibility index (Phi) is 39.9. The SMILES string of the molecule is CC(=O)OC(C)c1nc(C(=O)NC(Cc2ccc(O)cc2)CC(C)C(=O)Nc2ccc(NC(=O)[C@H](CCCNC(N)=O)NC(=O)[C@@H](NCCNC(=O)CCOCCNC(=O)CCN3C(=O)C=CC3=O)C(C)C)cc2)cs1.CCC(C)C(NC(=O)C1CCCCN1C)C(=O)N(COC(=O)CC(C)C)C(CC)C(C)C. The number of aromatic nitrogens is 1. The van der Waals surface area contributed by atoms with Crippen molar-refractivity contribution in [2.24, 2.45) is 35.3 Å². The minimum absolute atomic E-state index is 0.0288. The van der Waals surface area contributed by atoms with Gasteiger partial charge in [0.25, 0.3) is 17.7 Å². The number of phenols is 1. The number of nitrogens with zero attached hydrogens (tertiary/aromatic N) is 4. The second kappa shape index (κ2) is 47.4. The minimum atomic E-state index is -1.04. The molecular formula is C76H116N14O17S. The first-order valence-electron chi connectivity index (χ1n) is 37.3. The van der Waals surface area contributed by atoms with E-state index in [-0.39, 0.29) is 161 Å². The van der Waals surface area contributed by atoms with Crippen LogP contribution in [-0.2, 0) is 73.4 Å². The maximum Gasteiger partial charge on any atom is 0.312 e. The number of ether oxygens (including phenoxy) is 3. The lowest BCUT2D eigenvalue weighted by Gasteiger charge is -2.38. The summed E-state index contributed by atoms with van der Waals surface area (Å²) >= 11 is 1.18. The zero-order valence-corrected chi connectivity index (χ0v) is 65.7. The Hall–Kier alpha value is -9.40. The molecule has 1 fully saturated rings. The first kappa shape index (κ1) is 91.0. The third-order valence-electron chi connectivity index (χ3n) is 18.2. The molecule has 1 aromatic heterocycles. The smallest absolute Gasteiger partial charge is 0.312 e. The van der Waals surface area contributed by atoms with Crippen molar-refractivity contribution in [1.29, 1.82) is 0 Å². The number of esters is 2. The number of urea groups is 1. The summed E-state index contributed by atoms with van der Waals surface area (Å²) in [5.74, 6) is -4.85. The first-order valence-corrected chi connectivity index (χ1v) is 38.2. The van der Waals surface area contributed by atoms with Crippen molar-refractivity contribution >= 4 is 99.8 Å². The van der Waals surface area contributed by atoms with E-state index in [1.54, 1.807) is 60.5 Å². The molecule has 0 spiro atoms. The molecule has 0 saturated carbocycles. The number of nitrogens with one attached hydrogen (secondary N) is 9. The largest absolute Gasteiger partial charge is 0.508 e. The fraction of sp³-hybridized carbons (Fsp3) is 0.605. The van der Waals surface area contributed by atoms with Gasteiger partial charge in [0.1, 0.15) is 28.5 Å². The lowest BCUT2D eigenvalue weighted by atomic mass is 9.93. The lowest BCUT2D eigenvalue weighted by Crippen LogP contribution is -2.59. The molecular weight excluding hydrogens is 1410 g/mol. The summed E-state index contributed by atoms with van der Waals surface area (Å²) in [6, 6.07) is 8.86. The van der Waals surface area contributed by atoms with Crippen LogP contribution in [0.3, 0.4) is 0 Å². The number of likely N-dealkylation sites (N-methyl/N-ethyl adjacent to an activating group) is 1. The number of primary amides is 1. The van der Waals surface area contributed by atoms with Gasteiger partial charge in [-0.05, 0) is 131 Å². The van der Waals surface area contributed by atoms with Gasteiger partial charge >= 0.3 is 18.0 Å². The second-order valence-corrected chi connectivity index (χ2v) is 29.2. The van der Waals surface area contributed by atoms with Crippen LogP contribution in [0.15, 0.2) is 66.1 Å². The number of anilines is 2. The molecule has 0 bridgehead atoms. The molecule has 3 aromatic rings. The highest BCUT2D eigenvalue weighted by molar-refractivity contribution is 7.09. The maximum atomic E-state index is 13.8. The number of amides is 12. The Morgan fingerprint density at radius 1 is 0.722 bits per heavy atom. The predicted molar refractivity (Wildman–Crippen MR) is 408 cm³/mol. The second-order valence-electron chi connectivity index (χ2n) is 28.3. The lowest BCUT2D eigenvalue weighted by molar-refractivity contribution is -0.159. The number of rotatable bonds is 44.